The molecule has 1 amide bonds. The fourth-order valence-electron chi connectivity index (χ4n) is 10.2. The second-order valence-corrected chi connectivity index (χ2v) is 18.5. The minimum Gasteiger partial charge on any atom is -0.497 e. The zero-order valence-corrected chi connectivity index (χ0v) is 41.7. The number of aliphatic hydroxyl groups is 1. The number of nitrogens with zero attached hydrogens (tertiary/aromatic N) is 5. The van der Waals surface area contributed by atoms with Crippen LogP contribution in [-0.2, 0) is 40.5 Å². The van der Waals surface area contributed by atoms with E-state index in [0.29, 0.717) is 31.4 Å². The van der Waals surface area contributed by atoms with E-state index in [4.69, 9.17) is 28.4 Å². The Morgan fingerprint density at radius 3 is 2.04 bits per heavy atom. The fourth-order valence-corrected chi connectivity index (χ4v) is 10.2. The van der Waals surface area contributed by atoms with E-state index in [1.54, 1.807) is 23.8 Å². The minimum absolute atomic E-state index is 0.00780. The van der Waals surface area contributed by atoms with Gasteiger partial charge in [0, 0.05) is 37.5 Å². The maximum atomic E-state index is 13.1. The quantitative estimate of drug-likeness (QED) is 0.0213. The zero-order chi connectivity index (χ0) is 52.4. The fraction of sp³-hybridized carbons (Fsp3) is 0.271. The highest BCUT2D eigenvalue weighted by Crippen LogP contribution is 2.45. The van der Waals surface area contributed by atoms with Gasteiger partial charge in [0.05, 0.1) is 31.6 Å². The Labute approximate surface area is 438 Å². The van der Waals surface area contributed by atoms with Gasteiger partial charge in [-0.3, -0.25) is 24.8 Å². The molecule has 10 rings (SSSR count). The molecule has 17 heteroatoms. The summed E-state index contributed by atoms with van der Waals surface area (Å²) in [5.41, 5.74) is 7.25. The highest BCUT2D eigenvalue weighted by Gasteiger charge is 2.48. The van der Waals surface area contributed by atoms with Gasteiger partial charge in [-0.1, -0.05) is 140 Å². The number of unbranched alkanes of at least 4 members (excludes halogenated alkanes) is 2. The molecule has 2 N–H and O–H groups in total. The number of fused-ring (bicyclic) bond motifs is 4. The van der Waals surface area contributed by atoms with Crippen molar-refractivity contribution in [3.8, 4) is 16.9 Å². The summed E-state index contributed by atoms with van der Waals surface area (Å²) < 4.78 is 39.0. The van der Waals surface area contributed by atoms with Gasteiger partial charge >= 0.3 is 12.1 Å². The summed E-state index contributed by atoms with van der Waals surface area (Å²) in [5, 5.41) is 26.0. The molecule has 0 saturated carbocycles. The van der Waals surface area contributed by atoms with E-state index in [0.717, 1.165) is 33.4 Å². The number of hydrogen-bond acceptors (Lipinski definition) is 14. The summed E-state index contributed by atoms with van der Waals surface area (Å²) in [6, 6.07) is 50.0. The average Bonchev–Trinajstić information content (AvgIpc) is 4.13. The van der Waals surface area contributed by atoms with Crippen LogP contribution in [0.1, 0.15) is 71.2 Å². The molecular weight excluding hydrogens is 969 g/mol. The Morgan fingerprint density at radius 1 is 0.737 bits per heavy atom. The number of carbonyl (C=O) groups is 2. The molecule has 2 aromatic heterocycles. The molecule has 0 unspecified atom stereocenters. The molecule has 1 saturated heterocycles. The number of benzene rings is 6. The second kappa shape index (κ2) is 23.5. The molecule has 6 aromatic carbocycles. The van der Waals surface area contributed by atoms with Crippen LogP contribution < -0.4 is 10.1 Å². The maximum absolute atomic E-state index is 13.1. The molecule has 1 aliphatic carbocycles. The van der Waals surface area contributed by atoms with Crippen LogP contribution in [0.5, 0.6) is 5.75 Å². The number of nitrogens with one attached hydrogen (secondary N) is 1. The van der Waals surface area contributed by atoms with Gasteiger partial charge in [0.1, 0.15) is 42.6 Å². The molecule has 8 aromatic rings. The van der Waals surface area contributed by atoms with Crippen LogP contribution in [0.2, 0.25) is 0 Å². The first kappa shape index (κ1) is 51.1. The van der Waals surface area contributed by atoms with E-state index in [1.165, 1.54) is 35.9 Å². The Bertz CT molecular complexity index is 3180. The molecule has 4 atom stereocenters. The normalized spacial score (nSPS) is 17.0. The standard InChI is InChI=1S/C59H56N6O11/c1-71-44-30-26-42(27-31-44)59(40-15-5-2-6-16-40,41-17-7-3-8-18-41)75-36-50-54(72-33-14-4-9-23-51(66)74-35-49-47-21-12-10-19-45(47)46-20-11-13-22-48(46)49)53(67)57(76-50)64-38-62-52-55(60-37-61-56(52)64)63-58(68)73-34-32-39-24-28-43(29-25-39)65(69)70/h2-3,5-8,10-13,15-22,24-31,37-38,49-50,53-54,57,67H,4,9,14,23,32-36H2,1H3,(H,60,61,63,68)/t50-,53-,54-,57-/m1/s1. The number of esters is 1. The molecule has 76 heavy (non-hydrogen) atoms. The van der Waals surface area contributed by atoms with E-state index < -0.39 is 41.2 Å². The van der Waals surface area contributed by atoms with Crippen molar-refractivity contribution in [2.45, 2.75) is 68.2 Å². The lowest BCUT2D eigenvalue weighted by Gasteiger charge is -2.37. The van der Waals surface area contributed by atoms with E-state index in [1.807, 2.05) is 109 Å². The number of nitro benzene ring substituents is 1. The Hall–Kier alpha value is -8.35. The van der Waals surface area contributed by atoms with Crippen LogP contribution in [0.15, 0.2) is 170 Å². The largest absolute Gasteiger partial charge is 0.497 e. The van der Waals surface area contributed by atoms with Crippen molar-refractivity contribution in [2.24, 2.45) is 0 Å². The van der Waals surface area contributed by atoms with Crippen molar-refractivity contribution in [1.82, 2.24) is 19.5 Å². The zero-order valence-electron chi connectivity index (χ0n) is 41.7. The van der Waals surface area contributed by atoms with Crippen molar-refractivity contribution in [3.63, 3.8) is 0 Å². The summed E-state index contributed by atoms with van der Waals surface area (Å²) in [6.45, 7) is 0.458. The first-order valence-electron chi connectivity index (χ1n) is 25.2. The lowest BCUT2D eigenvalue weighted by Crippen LogP contribution is -2.41. The van der Waals surface area contributed by atoms with Crippen LogP contribution in [-0.4, -0.2) is 93.5 Å². The molecule has 1 fully saturated rings. The number of nitro groups is 1. The number of non-ortho nitro benzene ring substituents is 1. The van der Waals surface area contributed by atoms with Crippen LogP contribution in [0.25, 0.3) is 22.3 Å². The number of aliphatic hydroxyl groups excluding tert-OH is 1. The maximum Gasteiger partial charge on any atom is 0.412 e. The SMILES string of the molecule is COc1ccc(C(OC[C@H]2O[C@@H](n3cnc4c(NC(=O)OCCc5ccc([N+](=O)[O-])cc5)ncnc43)[C@H](O)[C@@H]2OCCCCCC(=O)OCC2c3ccccc3-c3ccccc32)(c2ccccc2)c2ccccc2)cc1. The molecule has 0 radical (unpaired) electrons. The Morgan fingerprint density at radius 2 is 1.38 bits per heavy atom. The number of methoxy groups -OCH3 is 1. The van der Waals surface area contributed by atoms with Crippen molar-refractivity contribution < 1.29 is 48.0 Å². The molecule has 1 aliphatic heterocycles. The van der Waals surface area contributed by atoms with Gasteiger partial charge in [-0.2, -0.15) is 0 Å². The van der Waals surface area contributed by atoms with Crippen molar-refractivity contribution in [3.05, 3.63) is 214 Å². The third-order valence-corrected chi connectivity index (χ3v) is 14.0. The predicted molar refractivity (Wildman–Crippen MR) is 282 cm³/mol. The van der Waals surface area contributed by atoms with Crippen molar-refractivity contribution >= 4 is 34.7 Å². The smallest absolute Gasteiger partial charge is 0.412 e. The summed E-state index contributed by atoms with van der Waals surface area (Å²) in [6.07, 6.45) is 0.253. The number of amides is 1. The molecule has 388 valence electrons. The van der Waals surface area contributed by atoms with E-state index in [9.17, 15) is 24.8 Å². The van der Waals surface area contributed by atoms with Crippen LogP contribution in [0.3, 0.4) is 0 Å². The highest BCUT2D eigenvalue weighted by molar-refractivity contribution is 5.93. The Kier molecular flexibility index (Phi) is 15.8. The first-order chi connectivity index (χ1) is 37.2. The summed E-state index contributed by atoms with van der Waals surface area (Å²) in [7, 11) is 1.62. The van der Waals surface area contributed by atoms with Gasteiger partial charge < -0.3 is 33.5 Å². The van der Waals surface area contributed by atoms with Crippen molar-refractivity contribution in [1.29, 1.82) is 0 Å². The van der Waals surface area contributed by atoms with Crippen LogP contribution >= 0.6 is 0 Å². The second-order valence-electron chi connectivity index (χ2n) is 18.5. The number of imidazole rings is 1. The highest BCUT2D eigenvalue weighted by atomic mass is 16.6. The van der Waals surface area contributed by atoms with Gasteiger partial charge in [0.2, 0.25) is 0 Å². The lowest BCUT2D eigenvalue weighted by atomic mass is 9.80. The van der Waals surface area contributed by atoms with Crippen molar-refractivity contribution in [2.75, 3.05) is 38.9 Å². The van der Waals surface area contributed by atoms with Gasteiger partial charge in [0.15, 0.2) is 23.2 Å². The third-order valence-electron chi connectivity index (χ3n) is 14.0. The lowest BCUT2D eigenvalue weighted by molar-refractivity contribution is -0.384. The predicted octanol–water partition coefficient (Wildman–Crippen LogP) is 10.1. The van der Waals surface area contributed by atoms with Crippen LogP contribution in [0, 0.1) is 10.1 Å². The molecule has 17 nitrogen and oxygen atoms in total. The summed E-state index contributed by atoms with van der Waals surface area (Å²) in [5.74, 6) is 0.474. The molecule has 3 heterocycles. The number of anilines is 1. The average molecular weight is 1030 g/mol. The number of rotatable bonds is 22. The molecular formula is C59H56N6O11. The van der Waals surface area contributed by atoms with Gasteiger partial charge in [-0.25, -0.2) is 19.7 Å². The van der Waals surface area contributed by atoms with E-state index in [-0.39, 0.29) is 67.4 Å². The van der Waals surface area contributed by atoms with E-state index in [2.05, 4.69) is 44.5 Å². The number of ether oxygens (including phenoxy) is 6. The third kappa shape index (κ3) is 10.9. The Balaban J connectivity index is 0.840. The van der Waals surface area contributed by atoms with Crippen LogP contribution in [0.4, 0.5) is 16.3 Å². The minimum atomic E-state index is -1.26. The number of aromatic nitrogens is 4. The number of carbonyl (C=O) groups excluding carboxylic acids is 2. The molecule has 0 bridgehead atoms. The monoisotopic (exact) mass is 1020 g/mol. The molecule has 2 aliphatic rings. The van der Waals surface area contributed by atoms with Gasteiger partial charge in [-0.05, 0) is 69.5 Å². The van der Waals surface area contributed by atoms with Gasteiger partial charge in [-0.15, -0.1) is 0 Å². The summed E-state index contributed by atoms with van der Waals surface area (Å²) in [4.78, 5) is 49.9. The number of hydrogen-bond donors (Lipinski definition) is 2. The first-order valence-corrected chi connectivity index (χ1v) is 25.2. The molecule has 0 spiro atoms. The summed E-state index contributed by atoms with van der Waals surface area (Å²) >= 11 is 0. The van der Waals surface area contributed by atoms with Gasteiger partial charge in [0.25, 0.3) is 5.69 Å². The topological polar surface area (TPSA) is 209 Å². The van der Waals surface area contributed by atoms with E-state index >= 15 is 0 Å².